The number of nitriles is 1. The highest BCUT2D eigenvalue weighted by Crippen LogP contribution is 2.29. The van der Waals surface area contributed by atoms with Crippen molar-refractivity contribution in [3.05, 3.63) is 58.5 Å². The van der Waals surface area contributed by atoms with Crippen LogP contribution in [0.25, 0.3) is 6.08 Å². The van der Waals surface area contributed by atoms with Crippen molar-refractivity contribution in [2.24, 2.45) is 0 Å². The number of ether oxygens (including phenoxy) is 1. The van der Waals surface area contributed by atoms with Crippen LogP contribution in [-0.2, 0) is 20.5 Å². The maximum atomic E-state index is 12.6. The number of thiophene rings is 1. The summed E-state index contributed by atoms with van der Waals surface area (Å²) in [7, 11) is 0. The lowest BCUT2D eigenvalue weighted by Crippen LogP contribution is -2.20. The van der Waals surface area contributed by atoms with Crippen LogP contribution in [0.15, 0.2) is 41.8 Å². The molecule has 0 aliphatic rings. The number of rotatable bonds is 5. The first-order valence-corrected chi connectivity index (χ1v) is 7.97. The number of alkyl halides is 3. The number of nitrogens with zero attached hydrogens (tertiary/aromatic N) is 1. The van der Waals surface area contributed by atoms with Gasteiger partial charge in [-0.3, -0.25) is 4.79 Å². The molecule has 134 valence electrons. The predicted octanol–water partition coefficient (Wildman–Crippen LogP) is 3.83. The van der Waals surface area contributed by atoms with Crippen molar-refractivity contribution in [2.75, 3.05) is 11.9 Å². The van der Waals surface area contributed by atoms with E-state index in [2.05, 4.69) is 5.32 Å². The van der Waals surface area contributed by atoms with Gasteiger partial charge in [-0.15, -0.1) is 11.3 Å². The fourth-order valence-corrected chi connectivity index (χ4v) is 2.58. The Morgan fingerprint density at radius 1 is 1.31 bits per heavy atom. The van der Waals surface area contributed by atoms with Gasteiger partial charge < -0.3 is 10.1 Å². The molecule has 0 atom stereocenters. The van der Waals surface area contributed by atoms with E-state index in [0.717, 1.165) is 35.6 Å². The predicted molar refractivity (Wildman–Crippen MR) is 89.1 cm³/mol. The number of hydrogen-bond donors (Lipinski definition) is 1. The largest absolute Gasteiger partial charge is 0.452 e. The van der Waals surface area contributed by atoms with Gasteiger partial charge in [0.25, 0.3) is 5.91 Å². The first kappa shape index (κ1) is 19.2. The van der Waals surface area contributed by atoms with Crippen molar-refractivity contribution in [2.45, 2.75) is 6.18 Å². The van der Waals surface area contributed by atoms with Crippen LogP contribution in [0, 0.1) is 11.3 Å². The maximum absolute atomic E-state index is 12.6. The minimum atomic E-state index is -4.48. The zero-order valence-electron chi connectivity index (χ0n) is 13.0. The van der Waals surface area contributed by atoms with Gasteiger partial charge in [0.05, 0.1) is 11.1 Å². The number of esters is 1. The molecule has 0 fully saturated rings. The van der Waals surface area contributed by atoms with Gasteiger partial charge in [-0.05, 0) is 35.2 Å². The molecule has 5 nitrogen and oxygen atoms in total. The summed E-state index contributed by atoms with van der Waals surface area (Å²) in [4.78, 5) is 23.2. The first-order valence-electron chi connectivity index (χ1n) is 7.09. The van der Waals surface area contributed by atoms with Gasteiger partial charge in [0.15, 0.2) is 6.61 Å². The highest BCUT2D eigenvalue weighted by atomic mass is 32.1. The van der Waals surface area contributed by atoms with Crippen LogP contribution in [0.2, 0.25) is 0 Å². The van der Waals surface area contributed by atoms with E-state index in [9.17, 15) is 22.8 Å². The molecule has 0 saturated heterocycles. The monoisotopic (exact) mass is 380 g/mol. The molecule has 26 heavy (non-hydrogen) atoms. The van der Waals surface area contributed by atoms with Crippen LogP contribution < -0.4 is 5.32 Å². The van der Waals surface area contributed by atoms with Crippen molar-refractivity contribution in [3.8, 4) is 6.07 Å². The third-order valence-corrected chi connectivity index (χ3v) is 3.84. The molecule has 9 heteroatoms. The summed E-state index contributed by atoms with van der Waals surface area (Å²) in [6, 6.07) is 7.84. The van der Waals surface area contributed by atoms with E-state index in [1.165, 1.54) is 18.2 Å². The number of halogens is 3. The Labute approximate surface area is 150 Å². The molecular weight excluding hydrogens is 369 g/mol. The molecule has 0 saturated carbocycles. The number of nitrogens with one attached hydrogen (secondary N) is 1. The summed E-state index contributed by atoms with van der Waals surface area (Å²) in [5, 5.41) is 13.2. The van der Waals surface area contributed by atoms with Gasteiger partial charge in [-0.1, -0.05) is 12.1 Å². The molecule has 1 N–H and O–H groups in total. The molecule has 0 aliphatic heterocycles. The average Bonchev–Trinajstić information content (AvgIpc) is 3.04. The average molecular weight is 380 g/mol. The van der Waals surface area contributed by atoms with E-state index < -0.39 is 30.2 Å². The molecule has 2 aromatic rings. The summed E-state index contributed by atoms with van der Waals surface area (Å²) < 4.78 is 42.5. The molecule has 2 rings (SSSR count). The smallest absolute Gasteiger partial charge is 0.416 e. The molecule has 1 amide bonds. The molecule has 1 aromatic carbocycles. The lowest BCUT2D eigenvalue weighted by atomic mass is 10.1. The van der Waals surface area contributed by atoms with Crippen LogP contribution in [0.5, 0.6) is 0 Å². The number of carbonyl (C=O) groups excluding carboxylic acids is 2. The van der Waals surface area contributed by atoms with Crippen molar-refractivity contribution in [1.82, 2.24) is 0 Å². The number of benzene rings is 1. The zero-order chi connectivity index (χ0) is 19.2. The second-order valence-corrected chi connectivity index (χ2v) is 5.80. The van der Waals surface area contributed by atoms with Gasteiger partial charge in [-0.2, -0.15) is 18.4 Å². The first-order chi connectivity index (χ1) is 12.3. The van der Waals surface area contributed by atoms with Gasteiger partial charge in [0, 0.05) is 6.08 Å². The van der Waals surface area contributed by atoms with E-state index in [0.29, 0.717) is 10.6 Å². The van der Waals surface area contributed by atoms with Crippen LogP contribution in [0.3, 0.4) is 0 Å². The highest BCUT2D eigenvalue weighted by Gasteiger charge is 2.30. The second-order valence-electron chi connectivity index (χ2n) is 4.89. The Morgan fingerprint density at radius 2 is 2.08 bits per heavy atom. The summed E-state index contributed by atoms with van der Waals surface area (Å²) in [6.45, 7) is -0.589. The molecule has 0 radical (unpaired) electrons. The minimum Gasteiger partial charge on any atom is -0.452 e. The summed E-state index contributed by atoms with van der Waals surface area (Å²) >= 11 is 1.15. The Bertz CT molecular complexity index is 882. The fourth-order valence-electron chi connectivity index (χ4n) is 1.82. The molecule has 0 unspecified atom stereocenters. The Kier molecular flexibility index (Phi) is 6.14. The van der Waals surface area contributed by atoms with E-state index in [-0.39, 0.29) is 5.56 Å². The third-order valence-electron chi connectivity index (χ3n) is 3.01. The van der Waals surface area contributed by atoms with Crippen molar-refractivity contribution >= 4 is 34.3 Å². The highest BCUT2D eigenvalue weighted by molar-refractivity contribution is 7.14. The molecule has 0 aliphatic carbocycles. The zero-order valence-corrected chi connectivity index (χ0v) is 13.9. The van der Waals surface area contributed by atoms with Crippen LogP contribution in [0.4, 0.5) is 18.2 Å². The van der Waals surface area contributed by atoms with Gasteiger partial charge in [0.2, 0.25) is 0 Å². The molecular formula is C17H11F3N2O3S. The van der Waals surface area contributed by atoms with Gasteiger partial charge in [-0.25, -0.2) is 4.79 Å². The second kappa shape index (κ2) is 8.31. The van der Waals surface area contributed by atoms with Crippen molar-refractivity contribution in [3.63, 3.8) is 0 Å². The van der Waals surface area contributed by atoms with Crippen molar-refractivity contribution in [1.29, 1.82) is 5.26 Å². The fraction of sp³-hybridized carbons (Fsp3) is 0.118. The van der Waals surface area contributed by atoms with Crippen LogP contribution >= 0.6 is 11.3 Å². The van der Waals surface area contributed by atoms with Crippen LogP contribution in [-0.4, -0.2) is 18.5 Å². The third kappa shape index (κ3) is 5.46. The molecule has 0 spiro atoms. The van der Waals surface area contributed by atoms with Crippen LogP contribution in [0.1, 0.15) is 16.7 Å². The Balaban J connectivity index is 1.88. The number of amides is 1. The number of hydrogen-bond acceptors (Lipinski definition) is 5. The lowest BCUT2D eigenvalue weighted by Gasteiger charge is -2.06. The van der Waals surface area contributed by atoms with E-state index in [1.807, 2.05) is 6.07 Å². The van der Waals surface area contributed by atoms with Gasteiger partial charge >= 0.3 is 12.1 Å². The quantitative estimate of drug-likeness (QED) is 0.632. The number of carbonyl (C=O) groups is 2. The topological polar surface area (TPSA) is 79.2 Å². The standard InChI is InChI=1S/C17H11F3N2O3S/c18-17(19,20)13-3-1-2-11(8-13)4-5-15(24)25-10-14(23)22-16-12(9-21)6-7-26-16/h1-8H,10H2,(H,22,23)/b5-4+. The number of anilines is 1. The minimum absolute atomic E-state index is 0.165. The summed E-state index contributed by atoms with van der Waals surface area (Å²) in [6.07, 6.45) is -2.40. The summed E-state index contributed by atoms with van der Waals surface area (Å²) in [5.74, 6) is -1.52. The summed E-state index contributed by atoms with van der Waals surface area (Å²) in [5.41, 5.74) is -0.380. The SMILES string of the molecule is N#Cc1ccsc1NC(=O)COC(=O)/C=C/c1cccc(C(F)(F)F)c1. The normalized spacial score (nSPS) is 11.2. The molecule has 1 heterocycles. The van der Waals surface area contributed by atoms with Gasteiger partial charge in [0.1, 0.15) is 11.1 Å². The Hall–Kier alpha value is -3.12. The van der Waals surface area contributed by atoms with E-state index in [1.54, 1.807) is 5.38 Å². The lowest BCUT2D eigenvalue weighted by molar-refractivity contribution is -0.142. The van der Waals surface area contributed by atoms with Crippen molar-refractivity contribution < 1.29 is 27.5 Å². The van der Waals surface area contributed by atoms with E-state index >= 15 is 0 Å². The van der Waals surface area contributed by atoms with E-state index in [4.69, 9.17) is 10.00 Å². The Morgan fingerprint density at radius 3 is 2.77 bits per heavy atom. The maximum Gasteiger partial charge on any atom is 0.416 e. The molecule has 1 aromatic heterocycles. The molecule has 0 bridgehead atoms.